The summed E-state index contributed by atoms with van der Waals surface area (Å²) in [7, 11) is 3.40. The number of halogens is 4. The van der Waals surface area contributed by atoms with Gasteiger partial charge in [-0.1, -0.05) is 140 Å². The predicted molar refractivity (Wildman–Crippen MR) is 560 cm³/mol. The molecular formula is C110H105Cl4N19O16. The van der Waals surface area contributed by atoms with Gasteiger partial charge in [-0.2, -0.15) is 0 Å². The average Bonchev–Trinajstić information content (AvgIpc) is 1.54. The van der Waals surface area contributed by atoms with Gasteiger partial charge in [-0.3, -0.25) is 67.9 Å². The lowest BCUT2D eigenvalue weighted by molar-refractivity contribution is -0.127. The average molecular weight is 2090 g/mol. The number of hydrogen-bond donors (Lipinski definition) is 8. The molecular weight excluding hydrogens is 1990 g/mol. The lowest BCUT2D eigenvalue weighted by atomic mass is 9.74. The summed E-state index contributed by atoms with van der Waals surface area (Å²) in [6.07, 6.45) is 26.6. The number of anilines is 10. The fraction of sp³-hybridized carbons (Fsp3) is 0.318. The highest BCUT2D eigenvalue weighted by Gasteiger charge is 2.67. The Morgan fingerprint density at radius 3 is 1.14 bits per heavy atom. The monoisotopic (exact) mass is 2090 g/mol. The molecule has 23 rings (SSSR count). The van der Waals surface area contributed by atoms with E-state index in [0.29, 0.717) is 120 Å². The molecule has 6 aromatic carbocycles. The van der Waals surface area contributed by atoms with E-state index in [0.717, 1.165) is 117 Å². The number of nitrogens with zero attached hydrogens (tertiary/aromatic N) is 11. The van der Waals surface area contributed by atoms with Gasteiger partial charge in [0.2, 0.25) is 0 Å². The molecule has 11 aromatic rings. The highest BCUT2D eigenvalue weighted by Crippen LogP contribution is 2.58. The van der Waals surface area contributed by atoms with Crippen LogP contribution >= 0.6 is 46.4 Å². The quantitative estimate of drug-likeness (QED) is 0.0416. The van der Waals surface area contributed by atoms with Crippen molar-refractivity contribution in [3.63, 3.8) is 0 Å². The minimum Gasteiger partial charge on any atom is -0.459 e. The molecule has 6 atom stereocenters. The first kappa shape index (κ1) is 102. The van der Waals surface area contributed by atoms with E-state index in [1.807, 2.05) is 25.1 Å². The summed E-state index contributed by atoms with van der Waals surface area (Å²) < 4.78 is 5.08. The van der Waals surface area contributed by atoms with Crippen LogP contribution in [0.1, 0.15) is 211 Å². The Hall–Kier alpha value is -15.6. The molecule has 0 radical (unpaired) electrons. The third kappa shape index (κ3) is 19.8. The number of nitrogens with one attached hydrogen (secondary N) is 8. The second-order valence-electron chi connectivity index (χ2n) is 39.5. The Morgan fingerprint density at radius 1 is 0.356 bits per heavy atom. The Labute approximate surface area is 876 Å². The van der Waals surface area contributed by atoms with Gasteiger partial charge in [0.05, 0.1) is 54.8 Å². The Balaban J connectivity index is 0.000000117. The van der Waals surface area contributed by atoms with Gasteiger partial charge in [0.25, 0.3) is 59.1 Å². The van der Waals surface area contributed by atoms with Crippen molar-refractivity contribution in [1.29, 1.82) is 0 Å². The third-order valence-corrected chi connectivity index (χ3v) is 32.0. The molecule has 8 N–H and O–H groups in total. The molecule has 4 bridgehead atoms. The molecule has 764 valence electrons. The van der Waals surface area contributed by atoms with Crippen molar-refractivity contribution in [2.45, 2.75) is 182 Å². The molecule has 39 heteroatoms. The van der Waals surface area contributed by atoms with Crippen LogP contribution in [-0.4, -0.2) is 161 Å². The summed E-state index contributed by atoms with van der Waals surface area (Å²) in [6, 6.07) is 55.7. The minimum atomic E-state index is -0.905. The van der Waals surface area contributed by atoms with Crippen molar-refractivity contribution < 1.29 is 76.3 Å². The molecule has 6 unspecified atom stereocenters. The number of rotatable bonds is 16. The number of furan rings is 1. The number of amides is 20. The Morgan fingerprint density at radius 2 is 0.738 bits per heavy atom. The molecule has 5 spiro atoms. The lowest BCUT2D eigenvalue weighted by Gasteiger charge is -2.36. The summed E-state index contributed by atoms with van der Waals surface area (Å²) in [5, 5.41) is 23.3. The van der Waals surface area contributed by atoms with E-state index >= 15 is 0 Å². The summed E-state index contributed by atoms with van der Waals surface area (Å²) in [5.41, 5.74) is 3.33. The van der Waals surface area contributed by atoms with E-state index in [-0.39, 0.29) is 138 Å². The van der Waals surface area contributed by atoms with Crippen LogP contribution in [0.4, 0.5) is 80.8 Å². The number of aromatic nitrogens is 4. The Bertz CT molecular complexity index is 7140. The third-order valence-electron chi connectivity index (χ3n) is 30.8. The van der Waals surface area contributed by atoms with E-state index in [2.05, 4.69) is 74.6 Å². The maximum Gasteiger partial charge on any atom is 0.332 e. The number of imide groups is 5. The minimum absolute atomic E-state index is 0.178. The Kier molecular flexibility index (Phi) is 29.0. The number of hydrogen-bond acceptors (Lipinski definition) is 20. The number of carbonyl (C=O) groups excluding carboxylic acids is 15. The molecule has 7 saturated carbocycles. The van der Waals surface area contributed by atoms with Crippen LogP contribution in [-0.2, 0) is 24.0 Å². The molecule has 10 heterocycles. The van der Waals surface area contributed by atoms with Gasteiger partial charge in [0.1, 0.15) is 50.5 Å². The van der Waals surface area contributed by atoms with Crippen molar-refractivity contribution in [2.24, 2.45) is 23.7 Å². The molecule has 12 fully saturated rings. The van der Waals surface area contributed by atoms with Gasteiger partial charge in [0.15, 0.2) is 5.76 Å². The number of carbonyl (C=O) groups is 15. The van der Waals surface area contributed by atoms with Gasteiger partial charge in [-0.25, -0.2) is 48.5 Å². The van der Waals surface area contributed by atoms with Gasteiger partial charge in [-0.05, 0) is 302 Å². The topological polar surface area (TPSA) is 440 Å². The zero-order chi connectivity index (χ0) is 105. The molecule has 5 aromatic heterocycles. The number of likely N-dealkylation sites (N-methyl/N-ethyl adjacent to an activating group) is 2. The highest BCUT2D eigenvalue weighted by molar-refractivity contribution is 6.39. The first-order chi connectivity index (χ1) is 71.8. The molecule has 7 aliphatic carbocycles. The fourth-order valence-electron chi connectivity index (χ4n) is 23.3. The van der Waals surface area contributed by atoms with Crippen LogP contribution in [0.25, 0.3) is 0 Å². The van der Waals surface area contributed by atoms with Crippen LogP contribution in [0.5, 0.6) is 0 Å². The molecule has 5 saturated heterocycles. The van der Waals surface area contributed by atoms with Gasteiger partial charge < -0.3 is 56.8 Å². The van der Waals surface area contributed by atoms with E-state index in [1.54, 1.807) is 182 Å². The van der Waals surface area contributed by atoms with Gasteiger partial charge in [-0.15, -0.1) is 0 Å². The van der Waals surface area contributed by atoms with Crippen LogP contribution < -0.4 is 67.0 Å². The predicted octanol–water partition coefficient (Wildman–Crippen LogP) is 20.4. The molecule has 5 aliphatic heterocycles. The van der Waals surface area contributed by atoms with Crippen molar-refractivity contribution in [2.75, 3.05) is 65.2 Å². The molecule has 12 aliphatic rings. The number of pyridine rings is 4. The zero-order valence-corrected chi connectivity index (χ0v) is 84.4. The number of urea groups is 5. The number of aryl methyl sites for hydroxylation is 1. The van der Waals surface area contributed by atoms with Crippen LogP contribution in [0.2, 0.25) is 20.1 Å². The maximum atomic E-state index is 13.5. The van der Waals surface area contributed by atoms with Gasteiger partial charge >= 0.3 is 30.2 Å². The van der Waals surface area contributed by atoms with Crippen LogP contribution in [0.3, 0.4) is 0 Å². The number of benzene rings is 6. The van der Waals surface area contributed by atoms with Crippen molar-refractivity contribution in [1.82, 2.24) is 45.7 Å². The van der Waals surface area contributed by atoms with Crippen LogP contribution in [0.15, 0.2) is 242 Å². The SMILES string of the molecule is CN1C(=O)N(c2ccc(NC(=O)c3ccccn3)cc2Cl)C(=O)C12CC1CCC2C1.CN1C(=O)N(c2ccc(NC(=O)c3ccccn3)cc2Cl)C(=O)C12CCCCC2.Cc1cc(NC(=O)c2ccco2)ccc1N1C(=O)NC2(CCCCC2)C1=O.O=C(Nc1ccc(N2C(=O)NC3(CC4CCC3C4)C2=O)c(Cl)c1)c1ccccn1.O=C(Nc1ccc(N2C(=O)NC3(CCC(c4ccccc4)CC3)C2=O)c(Cl)c1)c1ccccn1. The molecule has 149 heavy (non-hydrogen) atoms. The first-order valence-corrected chi connectivity index (χ1v) is 51.1. The summed E-state index contributed by atoms with van der Waals surface area (Å²) >= 11 is 25.7. The largest absolute Gasteiger partial charge is 0.459 e. The smallest absolute Gasteiger partial charge is 0.332 e. The summed E-state index contributed by atoms with van der Waals surface area (Å²) in [5.74, 6) is -0.931. The van der Waals surface area contributed by atoms with E-state index < -0.39 is 39.8 Å². The molecule has 20 amide bonds. The van der Waals surface area contributed by atoms with E-state index in [1.165, 1.54) is 64.6 Å². The zero-order valence-electron chi connectivity index (χ0n) is 81.4. The van der Waals surface area contributed by atoms with Crippen molar-refractivity contribution in [3.8, 4) is 0 Å². The fourth-order valence-corrected chi connectivity index (χ4v) is 24.3. The van der Waals surface area contributed by atoms with E-state index in [9.17, 15) is 71.9 Å². The van der Waals surface area contributed by atoms with Crippen LogP contribution in [0, 0.1) is 30.6 Å². The normalized spacial score (nSPS) is 22.9. The summed E-state index contributed by atoms with van der Waals surface area (Å²) in [6.45, 7) is 1.81. The van der Waals surface area contributed by atoms with E-state index in [4.69, 9.17) is 50.8 Å². The lowest BCUT2D eigenvalue weighted by Crippen LogP contribution is -2.52. The standard InChI is InChI=1S/C26H23ClN4O3.C22H21ClN4O3.C21H19ClN4O3.C21H21ClN4O3.C20H21N3O4/c27-20-16-19(29-23(32)21-8-4-5-15-28-21)9-10-22(20)31-24(33)26(30-25(31)34)13-11-18(12-14-26)17-6-2-1-3-7-17;1-26-21(30)27(20(29)22(26)12-13-5-6-14(22)10-13)18-8-7-15(11-16(18)23)25-19(28)17-4-2-3-9-24-17;22-15-10-14(24-18(27)16-3-1-2-8-23-16)6-7-17(15)26-19(28)21(25-20(26)29)11-12-4-5-13(21)9-12;1-25-20(29)26(19(28)21(25)10-4-2-5-11-21)17-9-8-14(13-15(17)22)24-18(27)16-7-3-6-12-23-16;1-13-12-14(21-17(24)16-6-5-11-27-16)7-8-15(13)23-18(25)20(22-19(23)26)9-3-2-4-10-20/h1-10,15-16,18H,11-14H2,(H,29,32)(H,30,34);2-4,7-9,11,13-14H,5-6,10,12H2,1H3,(H,25,28);1-3,6-8,10,12-13H,4-5,9,11H2,(H,24,27)(H,25,29);3,6-9,12-13H,2,4-5,10-11H2,1H3,(H,24,27);5-8,11-12H,2-4,9-10H2,1H3,(H,21,24)(H,22,26). The second kappa shape index (κ2) is 42.3. The number of fused-ring (bicyclic) bond motifs is 6. The van der Waals surface area contributed by atoms with Gasteiger partial charge in [0, 0.05) is 67.3 Å². The molecule has 35 nitrogen and oxygen atoms in total. The van der Waals surface area contributed by atoms with Crippen molar-refractivity contribution >= 4 is 193 Å². The summed E-state index contributed by atoms with van der Waals surface area (Å²) in [4.78, 5) is 217. The maximum absolute atomic E-state index is 13.5. The first-order valence-electron chi connectivity index (χ1n) is 49.6. The highest BCUT2D eigenvalue weighted by atomic mass is 35.5. The second-order valence-corrected chi connectivity index (χ2v) is 41.1. The van der Waals surface area contributed by atoms with Crippen molar-refractivity contribution in [3.05, 3.63) is 297 Å².